The summed E-state index contributed by atoms with van der Waals surface area (Å²) in [7, 11) is 0. The van der Waals surface area contributed by atoms with Gasteiger partial charge in [-0.3, -0.25) is 0 Å². The zero-order valence-electron chi connectivity index (χ0n) is 9.67. The highest BCUT2D eigenvalue weighted by Crippen LogP contribution is 2.33. The molecule has 1 aliphatic rings. The molecule has 1 unspecified atom stereocenters. The van der Waals surface area contributed by atoms with E-state index in [9.17, 15) is 15.3 Å². The van der Waals surface area contributed by atoms with E-state index in [-0.39, 0.29) is 6.42 Å². The molecule has 4 atom stereocenters. The van der Waals surface area contributed by atoms with E-state index in [4.69, 9.17) is 9.84 Å². The monoisotopic (exact) mass is 234 g/mol. The van der Waals surface area contributed by atoms with Crippen molar-refractivity contribution in [2.75, 3.05) is 6.61 Å². The molecule has 0 aliphatic carbocycles. The first-order chi connectivity index (χ1) is 7.55. The molecule has 1 heterocycles. The normalized spacial score (nSPS) is 39.2. The number of aliphatic hydroxyl groups is 4. The van der Waals surface area contributed by atoms with Crippen LogP contribution < -0.4 is 0 Å². The van der Waals surface area contributed by atoms with Crippen molar-refractivity contribution < 1.29 is 25.2 Å². The summed E-state index contributed by atoms with van der Waals surface area (Å²) < 4.78 is 5.11. The van der Waals surface area contributed by atoms with Gasteiger partial charge >= 0.3 is 0 Å². The highest BCUT2D eigenvalue weighted by Gasteiger charge is 2.52. The Kier molecular flexibility index (Phi) is 5.14. The van der Waals surface area contributed by atoms with Gasteiger partial charge in [-0.25, -0.2) is 0 Å². The second kappa shape index (κ2) is 5.93. The molecular weight excluding hydrogens is 212 g/mol. The van der Waals surface area contributed by atoms with Crippen LogP contribution in [0.15, 0.2) is 0 Å². The van der Waals surface area contributed by atoms with E-state index in [0.29, 0.717) is 0 Å². The van der Waals surface area contributed by atoms with Gasteiger partial charge < -0.3 is 25.2 Å². The van der Waals surface area contributed by atoms with Gasteiger partial charge in [0.2, 0.25) is 0 Å². The van der Waals surface area contributed by atoms with Crippen LogP contribution in [0.1, 0.15) is 39.0 Å². The summed E-state index contributed by atoms with van der Waals surface area (Å²) in [4.78, 5) is 0. The van der Waals surface area contributed by atoms with Crippen LogP contribution in [0.25, 0.3) is 0 Å². The third-order valence-corrected chi connectivity index (χ3v) is 3.09. The third kappa shape index (κ3) is 2.93. The van der Waals surface area contributed by atoms with Crippen molar-refractivity contribution in [2.45, 2.75) is 63.1 Å². The Labute approximate surface area is 95.7 Å². The van der Waals surface area contributed by atoms with Gasteiger partial charge in [0.25, 0.3) is 0 Å². The maximum absolute atomic E-state index is 9.99. The zero-order valence-corrected chi connectivity index (χ0v) is 9.67. The Hall–Kier alpha value is -0.200. The van der Waals surface area contributed by atoms with Crippen molar-refractivity contribution in [3.05, 3.63) is 0 Å². The molecular formula is C11H22O5. The molecule has 5 heteroatoms. The number of unbranched alkanes of at least 4 members (excludes halogenated alkanes) is 3. The average Bonchev–Trinajstić information content (AvgIpc) is 2.50. The molecule has 16 heavy (non-hydrogen) atoms. The summed E-state index contributed by atoms with van der Waals surface area (Å²) >= 11 is 0. The highest BCUT2D eigenvalue weighted by atomic mass is 16.7. The molecule has 0 aromatic carbocycles. The van der Waals surface area contributed by atoms with E-state index in [0.717, 1.165) is 25.7 Å². The lowest BCUT2D eigenvalue weighted by Gasteiger charge is -2.25. The SMILES string of the molecule is CCCCCCC1(O)O[C@H](CO)[C@H](O)[C@H]1O. The molecule has 1 saturated heterocycles. The fraction of sp³-hybridized carbons (Fsp3) is 1.00. The minimum Gasteiger partial charge on any atom is -0.394 e. The lowest BCUT2D eigenvalue weighted by atomic mass is 9.99. The molecule has 1 aliphatic heterocycles. The summed E-state index contributed by atoms with van der Waals surface area (Å²) in [5.41, 5.74) is 0. The Morgan fingerprint density at radius 3 is 2.38 bits per heavy atom. The van der Waals surface area contributed by atoms with Crippen LogP contribution >= 0.6 is 0 Å². The van der Waals surface area contributed by atoms with Crippen LogP contribution in [0, 0.1) is 0 Å². The van der Waals surface area contributed by atoms with E-state index in [1.165, 1.54) is 0 Å². The number of aliphatic hydroxyl groups excluding tert-OH is 3. The van der Waals surface area contributed by atoms with Gasteiger partial charge in [0.15, 0.2) is 5.79 Å². The molecule has 0 spiro atoms. The molecule has 0 radical (unpaired) electrons. The summed E-state index contributed by atoms with van der Waals surface area (Å²) in [6.45, 7) is 1.68. The summed E-state index contributed by atoms with van der Waals surface area (Å²) in [6, 6.07) is 0. The fourth-order valence-corrected chi connectivity index (χ4v) is 2.03. The average molecular weight is 234 g/mol. The maximum Gasteiger partial charge on any atom is 0.195 e. The molecule has 5 nitrogen and oxygen atoms in total. The molecule has 0 bridgehead atoms. The van der Waals surface area contributed by atoms with Crippen molar-refractivity contribution in [3.63, 3.8) is 0 Å². The van der Waals surface area contributed by atoms with Gasteiger partial charge in [0.1, 0.15) is 18.3 Å². The lowest BCUT2D eigenvalue weighted by molar-refractivity contribution is -0.234. The Balaban J connectivity index is 2.44. The standard InChI is InChI=1S/C11H22O5/c1-2-3-4-5-6-11(15)10(14)9(13)8(7-12)16-11/h8-10,12-15H,2-7H2,1H3/t8-,9+,10-,11?/m1/s1. The van der Waals surface area contributed by atoms with Crippen LogP contribution in [0.5, 0.6) is 0 Å². The van der Waals surface area contributed by atoms with Gasteiger partial charge in [0.05, 0.1) is 6.61 Å². The van der Waals surface area contributed by atoms with Crippen molar-refractivity contribution in [3.8, 4) is 0 Å². The van der Waals surface area contributed by atoms with Crippen LogP contribution in [-0.2, 0) is 4.74 Å². The number of ether oxygens (including phenoxy) is 1. The Morgan fingerprint density at radius 2 is 1.88 bits per heavy atom. The van der Waals surface area contributed by atoms with E-state index >= 15 is 0 Å². The first kappa shape index (κ1) is 13.9. The zero-order chi connectivity index (χ0) is 12.2. The Morgan fingerprint density at radius 1 is 1.19 bits per heavy atom. The predicted octanol–water partition coefficient (Wildman–Crippen LogP) is -0.242. The predicted molar refractivity (Wildman–Crippen MR) is 57.7 cm³/mol. The summed E-state index contributed by atoms with van der Waals surface area (Å²) in [5, 5.41) is 38.0. The second-order valence-electron chi connectivity index (χ2n) is 4.43. The molecule has 1 fully saturated rings. The second-order valence-corrected chi connectivity index (χ2v) is 4.43. The minimum absolute atomic E-state index is 0.279. The first-order valence-corrected chi connectivity index (χ1v) is 5.92. The van der Waals surface area contributed by atoms with Crippen molar-refractivity contribution in [1.82, 2.24) is 0 Å². The van der Waals surface area contributed by atoms with Gasteiger partial charge in [-0.1, -0.05) is 26.2 Å². The molecule has 0 amide bonds. The van der Waals surface area contributed by atoms with Crippen molar-refractivity contribution in [1.29, 1.82) is 0 Å². The quantitative estimate of drug-likeness (QED) is 0.476. The number of hydrogen-bond donors (Lipinski definition) is 4. The van der Waals surface area contributed by atoms with Crippen LogP contribution in [0.2, 0.25) is 0 Å². The first-order valence-electron chi connectivity index (χ1n) is 5.92. The molecule has 96 valence electrons. The molecule has 0 aromatic heterocycles. The highest BCUT2D eigenvalue weighted by molar-refractivity contribution is 4.95. The van der Waals surface area contributed by atoms with Gasteiger partial charge in [0, 0.05) is 6.42 Å². The number of rotatable bonds is 6. The minimum atomic E-state index is -1.71. The molecule has 0 aromatic rings. The van der Waals surface area contributed by atoms with Gasteiger partial charge in [-0.05, 0) is 6.42 Å². The van der Waals surface area contributed by atoms with E-state index in [2.05, 4.69) is 6.92 Å². The largest absolute Gasteiger partial charge is 0.394 e. The van der Waals surface area contributed by atoms with E-state index in [1.54, 1.807) is 0 Å². The third-order valence-electron chi connectivity index (χ3n) is 3.09. The summed E-state index contributed by atoms with van der Waals surface area (Å²) in [5.74, 6) is -1.71. The van der Waals surface area contributed by atoms with Crippen LogP contribution in [0.3, 0.4) is 0 Å². The molecule has 1 rings (SSSR count). The topological polar surface area (TPSA) is 90.2 Å². The lowest BCUT2D eigenvalue weighted by Crippen LogP contribution is -2.43. The summed E-state index contributed by atoms with van der Waals surface area (Å²) in [6.07, 6.45) is 0.656. The van der Waals surface area contributed by atoms with E-state index in [1.807, 2.05) is 0 Å². The maximum atomic E-state index is 9.99. The van der Waals surface area contributed by atoms with Crippen LogP contribution in [0.4, 0.5) is 0 Å². The van der Waals surface area contributed by atoms with Crippen LogP contribution in [-0.4, -0.2) is 51.1 Å². The Bertz CT molecular complexity index is 211. The van der Waals surface area contributed by atoms with Gasteiger partial charge in [-0.2, -0.15) is 0 Å². The number of hydrogen-bond acceptors (Lipinski definition) is 5. The molecule has 0 saturated carbocycles. The fourth-order valence-electron chi connectivity index (χ4n) is 2.03. The van der Waals surface area contributed by atoms with Gasteiger partial charge in [-0.15, -0.1) is 0 Å². The van der Waals surface area contributed by atoms with Crippen molar-refractivity contribution in [2.24, 2.45) is 0 Å². The smallest absolute Gasteiger partial charge is 0.195 e. The van der Waals surface area contributed by atoms with E-state index < -0.39 is 30.7 Å². The molecule has 4 N–H and O–H groups in total. The van der Waals surface area contributed by atoms with Crippen molar-refractivity contribution >= 4 is 0 Å².